The first kappa shape index (κ1) is 15.8. The maximum Gasteiger partial charge on any atom is -0.0140 e. The van der Waals surface area contributed by atoms with Gasteiger partial charge in [-0.05, 0) is 57.6 Å². The van der Waals surface area contributed by atoms with E-state index in [0.29, 0.717) is 0 Å². The van der Waals surface area contributed by atoms with Crippen molar-refractivity contribution < 1.29 is 0 Å². The third-order valence-electron chi connectivity index (χ3n) is 4.78. The van der Waals surface area contributed by atoms with Crippen LogP contribution in [0.4, 0.5) is 0 Å². The highest BCUT2D eigenvalue weighted by Crippen LogP contribution is 2.29. The van der Waals surface area contributed by atoms with E-state index in [0.717, 1.165) is 6.42 Å². The van der Waals surface area contributed by atoms with Crippen molar-refractivity contribution in [3.63, 3.8) is 0 Å². The number of aryl methyl sites for hydroxylation is 1. The van der Waals surface area contributed by atoms with Crippen LogP contribution in [0.3, 0.4) is 0 Å². The van der Waals surface area contributed by atoms with Gasteiger partial charge in [0.1, 0.15) is 0 Å². The van der Waals surface area contributed by atoms with E-state index < -0.39 is 0 Å². The lowest BCUT2D eigenvalue weighted by molar-refractivity contribution is 0.633. The van der Waals surface area contributed by atoms with Gasteiger partial charge in [-0.2, -0.15) is 0 Å². The molecule has 0 spiro atoms. The summed E-state index contributed by atoms with van der Waals surface area (Å²) in [5, 5.41) is 5.39. The number of benzene rings is 3. The first-order chi connectivity index (χ1) is 11.3. The van der Waals surface area contributed by atoms with Crippen LogP contribution in [0, 0.1) is 0 Å². The molecule has 0 saturated heterocycles. The van der Waals surface area contributed by atoms with E-state index in [-0.39, 0.29) is 0 Å². The molecule has 3 aromatic carbocycles. The Bertz CT molecular complexity index is 811. The van der Waals surface area contributed by atoms with E-state index in [9.17, 15) is 0 Å². The zero-order chi connectivity index (χ0) is 16.1. The molecule has 0 bridgehead atoms. The number of hydrogen-bond donors (Lipinski definition) is 0. The average Bonchev–Trinajstić information content (AvgIpc) is 2.59. The highest BCUT2D eigenvalue weighted by molar-refractivity contribution is 6.00. The van der Waals surface area contributed by atoms with E-state index in [2.05, 4.69) is 62.0 Å². The molecule has 0 saturated carbocycles. The molecule has 23 heavy (non-hydrogen) atoms. The minimum absolute atomic E-state index is 1.15. The number of hydrogen-bond acceptors (Lipinski definition) is 0. The van der Waals surface area contributed by atoms with Gasteiger partial charge in [-0.15, -0.1) is 0 Å². The van der Waals surface area contributed by atoms with Crippen molar-refractivity contribution in [2.45, 2.75) is 45.4 Å². The maximum absolute atomic E-state index is 4.02. The summed E-state index contributed by atoms with van der Waals surface area (Å²) in [6.45, 7) is 6.29. The van der Waals surface area contributed by atoms with Crippen LogP contribution in [0.5, 0.6) is 0 Å². The van der Waals surface area contributed by atoms with Crippen LogP contribution in [0.15, 0.2) is 55.1 Å². The molecule has 0 heteroatoms. The minimum Gasteiger partial charge on any atom is -0.0985 e. The van der Waals surface area contributed by atoms with Gasteiger partial charge >= 0.3 is 0 Å². The highest BCUT2D eigenvalue weighted by Gasteiger charge is 2.07. The maximum atomic E-state index is 4.02. The summed E-state index contributed by atoms with van der Waals surface area (Å²) in [5.41, 5.74) is 2.77. The molecular weight excluding hydrogens is 276 g/mol. The Kier molecular flexibility index (Phi) is 5.12. The van der Waals surface area contributed by atoms with Crippen molar-refractivity contribution >= 4 is 27.6 Å². The predicted octanol–water partition coefficient (Wildman–Crippen LogP) is 7.15. The Hall–Kier alpha value is -2.08. The fourth-order valence-corrected chi connectivity index (χ4v) is 3.47. The summed E-state index contributed by atoms with van der Waals surface area (Å²) >= 11 is 0. The minimum atomic E-state index is 1.15. The van der Waals surface area contributed by atoms with Gasteiger partial charge in [-0.1, -0.05) is 81.7 Å². The molecule has 0 atom stereocenters. The second-order valence-electron chi connectivity index (χ2n) is 6.42. The standard InChI is InChI=1S/C23H26/c1-3-5-6-7-8-13-22-18(4-2)14-15-21-16-19-11-9-10-12-20(19)17-23(21)22/h4,9-12,14-17H,2-3,5-8,13H2,1H3. The van der Waals surface area contributed by atoms with E-state index in [4.69, 9.17) is 0 Å². The fourth-order valence-electron chi connectivity index (χ4n) is 3.47. The topological polar surface area (TPSA) is 0 Å². The molecule has 0 N–H and O–H groups in total. The summed E-state index contributed by atoms with van der Waals surface area (Å²) in [7, 11) is 0. The van der Waals surface area contributed by atoms with Gasteiger partial charge in [0.15, 0.2) is 0 Å². The van der Waals surface area contributed by atoms with Gasteiger partial charge in [-0.3, -0.25) is 0 Å². The van der Waals surface area contributed by atoms with Crippen LogP contribution in [-0.2, 0) is 6.42 Å². The average molecular weight is 302 g/mol. The van der Waals surface area contributed by atoms with Crippen LogP contribution in [-0.4, -0.2) is 0 Å². The smallest absolute Gasteiger partial charge is 0.0140 e. The van der Waals surface area contributed by atoms with Crippen LogP contribution >= 0.6 is 0 Å². The molecule has 0 radical (unpaired) electrons. The Balaban J connectivity index is 1.98. The molecule has 3 aromatic rings. The Morgan fingerprint density at radius 2 is 1.57 bits per heavy atom. The molecule has 0 aliphatic carbocycles. The molecule has 0 unspecified atom stereocenters. The normalized spacial score (nSPS) is 11.2. The zero-order valence-electron chi connectivity index (χ0n) is 14.1. The molecule has 118 valence electrons. The Labute approximate surface area is 139 Å². The molecule has 0 heterocycles. The number of rotatable bonds is 7. The highest BCUT2D eigenvalue weighted by atomic mass is 14.1. The summed E-state index contributed by atoms with van der Waals surface area (Å²) < 4.78 is 0. The fraction of sp³-hybridized carbons (Fsp3) is 0.304. The van der Waals surface area contributed by atoms with Crippen molar-refractivity contribution in [1.29, 1.82) is 0 Å². The summed E-state index contributed by atoms with van der Waals surface area (Å²) in [5.74, 6) is 0. The van der Waals surface area contributed by atoms with Crippen molar-refractivity contribution in [3.8, 4) is 0 Å². The predicted molar refractivity (Wildman–Crippen MR) is 104 cm³/mol. The molecule has 0 amide bonds. The van der Waals surface area contributed by atoms with Crippen LogP contribution in [0.2, 0.25) is 0 Å². The summed E-state index contributed by atoms with van der Waals surface area (Å²) in [6, 6.07) is 17.8. The Morgan fingerprint density at radius 1 is 0.826 bits per heavy atom. The van der Waals surface area contributed by atoms with Crippen LogP contribution in [0.25, 0.3) is 27.6 Å². The van der Waals surface area contributed by atoms with E-state index in [1.54, 1.807) is 0 Å². The molecule has 0 aliphatic rings. The lowest BCUT2D eigenvalue weighted by atomic mass is 9.92. The number of unbranched alkanes of at least 4 members (excludes halogenated alkanes) is 4. The first-order valence-electron chi connectivity index (χ1n) is 8.90. The quantitative estimate of drug-likeness (QED) is 0.321. The lowest BCUT2D eigenvalue weighted by Crippen LogP contribution is -1.93. The van der Waals surface area contributed by atoms with Crippen LogP contribution in [0.1, 0.15) is 50.2 Å². The van der Waals surface area contributed by atoms with Gasteiger partial charge in [-0.25, -0.2) is 0 Å². The third kappa shape index (κ3) is 3.47. The van der Waals surface area contributed by atoms with Gasteiger partial charge < -0.3 is 0 Å². The monoisotopic (exact) mass is 302 g/mol. The lowest BCUT2D eigenvalue weighted by Gasteiger charge is -2.12. The van der Waals surface area contributed by atoms with Crippen LogP contribution < -0.4 is 0 Å². The second kappa shape index (κ2) is 7.46. The van der Waals surface area contributed by atoms with E-state index >= 15 is 0 Å². The molecule has 0 aliphatic heterocycles. The van der Waals surface area contributed by atoms with Crippen molar-refractivity contribution in [3.05, 3.63) is 66.2 Å². The molecule has 0 fully saturated rings. The summed E-state index contributed by atoms with van der Waals surface area (Å²) in [4.78, 5) is 0. The molecule has 0 nitrogen and oxygen atoms in total. The van der Waals surface area contributed by atoms with Crippen molar-refractivity contribution in [2.24, 2.45) is 0 Å². The first-order valence-corrected chi connectivity index (χ1v) is 8.90. The molecule has 0 aromatic heterocycles. The number of fused-ring (bicyclic) bond motifs is 2. The van der Waals surface area contributed by atoms with E-state index in [1.165, 1.54) is 64.8 Å². The third-order valence-corrected chi connectivity index (χ3v) is 4.78. The Morgan fingerprint density at radius 3 is 2.30 bits per heavy atom. The van der Waals surface area contributed by atoms with Gasteiger partial charge in [0.25, 0.3) is 0 Å². The van der Waals surface area contributed by atoms with Gasteiger partial charge in [0.2, 0.25) is 0 Å². The van der Waals surface area contributed by atoms with Crippen molar-refractivity contribution in [2.75, 3.05) is 0 Å². The second-order valence-corrected chi connectivity index (χ2v) is 6.42. The van der Waals surface area contributed by atoms with E-state index in [1.807, 2.05) is 6.08 Å². The zero-order valence-corrected chi connectivity index (χ0v) is 14.1. The molecule has 3 rings (SSSR count). The van der Waals surface area contributed by atoms with Gasteiger partial charge in [0, 0.05) is 0 Å². The summed E-state index contributed by atoms with van der Waals surface area (Å²) in [6.07, 6.45) is 9.78. The van der Waals surface area contributed by atoms with Gasteiger partial charge in [0.05, 0.1) is 0 Å². The molecular formula is C23H26. The largest absolute Gasteiger partial charge is 0.0985 e. The SMILES string of the molecule is C=Cc1ccc2cc3ccccc3cc2c1CCCCCCC. The van der Waals surface area contributed by atoms with Crippen molar-refractivity contribution in [1.82, 2.24) is 0 Å².